The van der Waals surface area contributed by atoms with E-state index >= 15 is 0 Å². The van der Waals surface area contributed by atoms with Gasteiger partial charge in [0.05, 0.1) is 5.69 Å². The molecule has 0 aliphatic rings. The lowest BCUT2D eigenvalue weighted by Crippen LogP contribution is -2.47. The van der Waals surface area contributed by atoms with Crippen molar-refractivity contribution in [3.8, 4) is 11.8 Å². The lowest BCUT2D eigenvalue weighted by atomic mass is 10.0. The molecule has 0 aliphatic carbocycles. The molecule has 0 bridgehead atoms. The predicted molar refractivity (Wildman–Crippen MR) is 143 cm³/mol. The zero-order valence-electron chi connectivity index (χ0n) is 21.4. The van der Waals surface area contributed by atoms with E-state index in [4.69, 9.17) is 0 Å². The number of unbranched alkanes of at least 4 members (excludes halogenated alkanes) is 3. The highest BCUT2D eigenvalue weighted by atomic mass is 16.4. The first-order chi connectivity index (χ1) is 17.8. The molecule has 0 fully saturated rings. The Morgan fingerprint density at radius 2 is 1.57 bits per heavy atom. The highest BCUT2D eigenvalue weighted by molar-refractivity contribution is 5.93. The summed E-state index contributed by atoms with van der Waals surface area (Å²) in [5.41, 5.74) is 3.17. The normalized spacial score (nSPS) is 11.0. The minimum atomic E-state index is -1.31. The Balaban J connectivity index is 1.82. The van der Waals surface area contributed by atoms with Crippen molar-refractivity contribution in [2.45, 2.75) is 64.8 Å². The molecule has 0 aromatic heterocycles. The summed E-state index contributed by atoms with van der Waals surface area (Å²) in [4.78, 5) is 48.1. The number of anilines is 1. The Morgan fingerprint density at radius 1 is 0.892 bits per heavy atom. The number of amides is 3. The number of Topliss-reactive ketones (excluding diaryl/α,β-unsaturated/α-hetero) is 1. The van der Waals surface area contributed by atoms with Crippen LogP contribution in [0.15, 0.2) is 48.5 Å². The van der Waals surface area contributed by atoms with E-state index in [1.165, 1.54) is 0 Å². The van der Waals surface area contributed by atoms with Crippen LogP contribution in [0.2, 0.25) is 0 Å². The quantitative estimate of drug-likeness (QED) is 0.237. The molecule has 3 amide bonds. The minimum absolute atomic E-state index is 0.00791. The lowest BCUT2D eigenvalue weighted by Gasteiger charge is -2.15. The molecule has 0 radical (unpaired) electrons. The molecule has 0 saturated heterocycles. The fourth-order valence-corrected chi connectivity index (χ4v) is 3.54. The monoisotopic (exact) mass is 505 g/mol. The smallest absolute Gasteiger partial charge is 0.326 e. The van der Waals surface area contributed by atoms with Gasteiger partial charge >= 0.3 is 12.0 Å². The third kappa shape index (κ3) is 11.0. The molecule has 0 spiro atoms. The number of carbonyl (C=O) groups is 4. The number of hydrogen-bond acceptors (Lipinski definition) is 4. The number of urea groups is 1. The van der Waals surface area contributed by atoms with Crippen molar-refractivity contribution in [3.05, 3.63) is 65.2 Å². The first-order valence-corrected chi connectivity index (χ1v) is 12.6. The van der Waals surface area contributed by atoms with Gasteiger partial charge in [-0.05, 0) is 37.1 Å². The third-order valence-electron chi connectivity index (χ3n) is 5.66. The molecule has 2 aromatic rings. The van der Waals surface area contributed by atoms with Crippen molar-refractivity contribution in [1.82, 2.24) is 10.6 Å². The number of carboxylic acid groups (broad SMARTS) is 1. The van der Waals surface area contributed by atoms with Crippen LogP contribution < -0.4 is 16.0 Å². The van der Waals surface area contributed by atoms with Gasteiger partial charge in [-0.25, -0.2) is 9.59 Å². The molecule has 2 rings (SSSR count). The van der Waals surface area contributed by atoms with Gasteiger partial charge in [0.25, 0.3) is 0 Å². The van der Waals surface area contributed by atoms with Crippen molar-refractivity contribution in [1.29, 1.82) is 0 Å². The Hall–Kier alpha value is -4.12. The molecule has 1 atom stereocenters. The summed E-state index contributed by atoms with van der Waals surface area (Å²) < 4.78 is 0. The van der Waals surface area contributed by atoms with Gasteiger partial charge in [0.1, 0.15) is 11.8 Å². The number of ketones is 1. The van der Waals surface area contributed by atoms with E-state index in [0.717, 1.165) is 30.4 Å². The molecule has 37 heavy (non-hydrogen) atoms. The predicted octanol–water partition coefficient (Wildman–Crippen LogP) is 4.41. The van der Waals surface area contributed by atoms with E-state index in [9.17, 15) is 24.3 Å². The Labute approximate surface area is 218 Å². The van der Waals surface area contributed by atoms with E-state index in [2.05, 4.69) is 34.7 Å². The number of rotatable bonds is 13. The molecule has 0 unspecified atom stereocenters. The SMILES string of the molecule is CCCCCCC(=O)C[C@H](NC(=O)NCCC(=O)Nc1ccccc1C#Cc1ccccc1C)C(=O)O. The summed E-state index contributed by atoms with van der Waals surface area (Å²) in [5, 5.41) is 16.9. The third-order valence-corrected chi connectivity index (χ3v) is 5.66. The van der Waals surface area contributed by atoms with Crippen LogP contribution in [0.5, 0.6) is 0 Å². The second-order valence-electron chi connectivity index (χ2n) is 8.75. The standard InChI is InChI=1S/C29H35N3O5/c1-3-4-5-6-14-24(33)20-26(28(35)36)32-29(37)30-19-18-27(34)31-25-15-10-9-13-23(25)17-16-22-12-8-7-11-21(22)2/h7-13,15,26H,3-6,14,18-20H2,1-2H3,(H,31,34)(H,35,36)(H2,30,32,37)/t26-/m0/s1. The van der Waals surface area contributed by atoms with Crippen LogP contribution in [-0.2, 0) is 14.4 Å². The largest absolute Gasteiger partial charge is 0.480 e. The highest BCUT2D eigenvalue weighted by Crippen LogP contribution is 2.15. The van der Waals surface area contributed by atoms with Gasteiger partial charge in [0.15, 0.2) is 0 Å². The maximum absolute atomic E-state index is 12.4. The first-order valence-electron chi connectivity index (χ1n) is 12.6. The van der Waals surface area contributed by atoms with Crippen LogP contribution in [0.25, 0.3) is 0 Å². The number of carboxylic acids is 1. The second-order valence-corrected chi connectivity index (χ2v) is 8.75. The zero-order chi connectivity index (χ0) is 27.0. The second kappa shape index (κ2) is 15.8. The van der Waals surface area contributed by atoms with Crippen molar-refractivity contribution < 1.29 is 24.3 Å². The zero-order valence-corrected chi connectivity index (χ0v) is 21.4. The van der Waals surface area contributed by atoms with Gasteiger partial charge in [-0.3, -0.25) is 9.59 Å². The fourth-order valence-electron chi connectivity index (χ4n) is 3.54. The summed E-state index contributed by atoms with van der Waals surface area (Å²) >= 11 is 0. The summed E-state index contributed by atoms with van der Waals surface area (Å²) in [6.07, 6.45) is 3.69. The number of aryl methyl sites for hydroxylation is 1. The Kier molecular flexibility index (Phi) is 12.4. The van der Waals surface area contributed by atoms with E-state index in [0.29, 0.717) is 24.1 Å². The van der Waals surface area contributed by atoms with Crippen LogP contribution in [0.4, 0.5) is 10.5 Å². The van der Waals surface area contributed by atoms with Gasteiger partial charge in [-0.2, -0.15) is 0 Å². The van der Waals surface area contributed by atoms with Crippen molar-refractivity contribution >= 4 is 29.4 Å². The molecule has 2 aromatic carbocycles. The van der Waals surface area contributed by atoms with Crippen molar-refractivity contribution in [2.75, 3.05) is 11.9 Å². The van der Waals surface area contributed by atoms with E-state index in [-0.39, 0.29) is 31.1 Å². The van der Waals surface area contributed by atoms with Crippen molar-refractivity contribution in [3.63, 3.8) is 0 Å². The van der Waals surface area contributed by atoms with Gasteiger partial charge < -0.3 is 21.1 Å². The summed E-state index contributed by atoms with van der Waals surface area (Å²) in [6.45, 7) is 4.04. The molecular formula is C29H35N3O5. The number of para-hydroxylation sites is 1. The van der Waals surface area contributed by atoms with Crippen LogP contribution >= 0.6 is 0 Å². The molecular weight excluding hydrogens is 470 g/mol. The molecule has 4 N–H and O–H groups in total. The fraction of sp³-hybridized carbons (Fsp3) is 0.379. The number of carbonyl (C=O) groups excluding carboxylic acids is 3. The van der Waals surface area contributed by atoms with Crippen LogP contribution in [0.1, 0.15) is 68.6 Å². The van der Waals surface area contributed by atoms with Crippen LogP contribution in [-0.4, -0.2) is 41.4 Å². The van der Waals surface area contributed by atoms with Gasteiger partial charge in [0, 0.05) is 36.9 Å². The highest BCUT2D eigenvalue weighted by Gasteiger charge is 2.23. The minimum Gasteiger partial charge on any atom is -0.480 e. The van der Waals surface area contributed by atoms with Gasteiger partial charge in [0.2, 0.25) is 5.91 Å². The number of benzene rings is 2. The summed E-state index contributed by atoms with van der Waals surface area (Å²) in [7, 11) is 0. The maximum Gasteiger partial charge on any atom is 0.326 e. The summed E-state index contributed by atoms with van der Waals surface area (Å²) in [5.74, 6) is 4.40. The van der Waals surface area contributed by atoms with Crippen molar-refractivity contribution in [2.24, 2.45) is 0 Å². The average Bonchev–Trinajstić information content (AvgIpc) is 2.86. The van der Waals surface area contributed by atoms with Gasteiger partial charge in [-0.15, -0.1) is 0 Å². The average molecular weight is 506 g/mol. The molecule has 0 saturated carbocycles. The van der Waals surface area contributed by atoms with Crippen LogP contribution in [0, 0.1) is 18.8 Å². The molecule has 0 aliphatic heterocycles. The lowest BCUT2D eigenvalue weighted by molar-refractivity contribution is -0.141. The first kappa shape index (κ1) is 29.1. The van der Waals surface area contributed by atoms with E-state index < -0.39 is 18.0 Å². The molecule has 196 valence electrons. The Morgan fingerprint density at radius 3 is 2.27 bits per heavy atom. The molecule has 0 heterocycles. The topological polar surface area (TPSA) is 125 Å². The molecule has 8 heteroatoms. The van der Waals surface area contributed by atoms with Crippen LogP contribution in [0.3, 0.4) is 0 Å². The van der Waals surface area contributed by atoms with E-state index in [1.54, 1.807) is 12.1 Å². The van der Waals surface area contributed by atoms with E-state index in [1.807, 2.05) is 43.3 Å². The Bertz CT molecular complexity index is 1150. The van der Waals surface area contributed by atoms with Gasteiger partial charge in [-0.1, -0.05) is 68.4 Å². The maximum atomic E-state index is 12.4. The number of hydrogen-bond donors (Lipinski definition) is 4. The number of aliphatic carboxylic acids is 1. The number of nitrogens with one attached hydrogen (secondary N) is 3. The molecule has 8 nitrogen and oxygen atoms in total. The summed E-state index contributed by atoms with van der Waals surface area (Å²) in [6, 6.07) is 12.9.